The van der Waals surface area contributed by atoms with Crippen LogP contribution in [0.5, 0.6) is 0 Å². The van der Waals surface area contributed by atoms with Gasteiger partial charge in [-0.2, -0.15) is 0 Å². The largest absolute Gasteiger partial charge is 0.255 e. The van der Waals surface area contributed by atoms with E-state index < -0.39 is 10.0 Å². The van der Waals surface area contributed by atoms with Crippen LogP contribution >= 0.6 is 0 Å². The fraction of sp³-hybridized carbons (Fsp3) is 0. The third-order valence-corrected chi connectivity index (χ3v) is 3.10. The normalized spacial score (nSPS) is 11.3. The van der Waals surface area contributed by atoms with Gasteiger partial charge in [0.2, 0.25) is 10.0 Å². The molecule has 0 aliphatic rings. The van der Waals surface area contributed by atoms with Crippen molar-refractivity contribution >= 4 is 10.0 Å². The van der Waals surface area contributed by atoms with E-state index >= 15 is 0 Å². The molecular weight excluding hydrogens is 224 g/mol. The van der Waals surface area contributed by atoms with Gasteiger partial charge in [0, 0.05) is 11.8 Å². The van der Waals surface area contributed by atoms with Gasteiger partial charge in [0.25, 0.3) is 0 Å². The summed E-state index contributed by atoms with van der Waals surface area (Å²) in [7, 11) is -3.72. The van der Waals surface area contributed by atoms with Gasteiger partial charge in [-0.05, 0) is 23.8 Å². The summed E-state index contributed by atoms with van der Waals surface area (Å²) in [4.78, 5) is 3.86. The van der Waals surface area contributed by atoms with Crippen molar-refractivity contribution in [2.24, 2.45) is 5.14 Å². The Morgan fingerprint density at radius 2 is 1.94 bits per heavy atom. The lowest BCUT2D eigenvalue weighted by atomic mass is 10.1. The third-order valence-electron chi connectivity index (χ3n) is 2.13. The topological polar surface area (TPSA) is 73.1 Å². The molecule has 1 aromatic heterocycles. The quantitative estimate of drug-likeness (QED) is 0.846. The molecule has 0 saturated heterocycles. The van der Waals surface area contributed by atoms with E-state index in [-0.39, 0.29) is 4.90 Å². The number of hydrogen-bond acceptors (Lipinski definition) is 3. The van der Waals surface area contributed by atoms with Gasteiger partial charge in [-0.1, -0.05) is 18.2 Å². The minimum absolute atomic E-state index is 0.106. The Balaban J connectivity index is 2.68. The first-order valence-electron chi connectivity index (χ1n) is 4.53. The van der Waals surface area contributed by atoms with Gasteiger partial charge in [0.15, 0.2) is 0 Å². The molecule has 0 aliphatic heterocycles. The Morgan fingerprint density at radius 1 is 1.19 bits per heavy atom. The van der Waals surface area contributed by atoms with E-state index in [9.17, 15) is 8.42 Å². The summed E-state index contributed by atoms with van der Waals surface area (Å²) in [6.45, 7) is 0. The Labute approximate surface area is 93.8 Å². The number of nitrogens with two attached hydrogens (primary N) is 1. The van der Waals surface area contributed by atoms with Crippen molar-refractivity contribution in [3.63, 3.8) is 0 Å². The second kappa shape index (κ2) is 4.03. The lowest BCUT2D eigenvalue weighted by molar-refractivity contribution is 0.598. The predicted molar refractivity (Wildman–Crippen MR) is 59.9 cm³/mol. The number of sulfonamides is 1. The van der Waals surface area contributed by atoms with E-state index in [4.69, 9.17) is 5.14 Å². The maximum atomic E-state index is 11.4. The molecule has 0 bridgehead atoms. The molecule has 0 spiro atoms. The van der Waals surface area contributed by atoms with Crippen LogP contribution in [0, 0.1) is 6.20 Å². The zero-order valence-corrected chi connectivity index (χ0v) is 9.11. The molecule has 0 atom stereocenters. The van der Waals surface area contributed by atoms with Crippen molar-refractivity contribution in [1.29, 1.82) is 0 Å². The molecule has 16 heavy (non-hydrogen) atoms. The van der Waals surface area contributed by atoms with Gasteiger partial charge < -0.3 is 0 Å². The SMILES string of the molecule is NS(=O)(=O)c1ccccc1-c1c[c]ncc1. The molecule has 5 heteroatoms. The molecular formula is C11H9N2O2S. The van der Waals surface area contributed by atoms with Crippen LogP contribution in [0.1, 0.15) is 0 Å². The van der Waals surface area contributed by atoms with Crippen molar-refractivity contribution in [3.05, 3.63) is 48.8 Å². The van der Waals surface area contributed by atoms with Crippen molar-refractivity contribution in [2.45, 2.75) is 4.90 Å². The van der Waals surface area contributed by atoms with Gasteiger partial charge in [0.1, 0.15) is 0 Å². The number of benzene rings is 1. The van der Waals surface area contributed by atoms with Gasteiger partial charge in [-0.15, -0.1) is 0 Å². The fourth-order valence-corrected chi connectivity index (χ4v) is 2.20. The Morgan fingerprint density at radius 3 is 2.56 bits per heavy atom. The first kappa shape index (κ1) is 10.8. The first-order valence-corrected chi connectivity index (χ1v) is 6.08. The average molecular weight is 233 g/mol. The van der Waals surface area contributed by atoms with Crippen molar-refractivity contribution < 1.29 is 8.42 Å². The molecule has 2 aromatic rings. The highest BCUT2D eigenvalue weighted by molar-refractivity contribution is 7.89. The molecule has 0 unspecified atom stereocenters. The highest BCUT2D eigenvalue weighted by Gasteiger charge is 2.13. The van der Waals surface area contributed by atoms with Gasteiger partial charge in [-0.3, -0.25) is 4.98 Å². The molecule has 1 aromatic carbocycles. The average Bonchev–Trinajstić information content (AvgIpc) is 2.29. The summed E-state index contributed by atoms with van der Waals surface area (Å²) in [5.41, 5.74) is 1.28. The van der Waals surface area contributed by atoms with Crippen molar-refractivity contribution in [3.8, 4) is 11.1 Å². The van der Waals surface area contributed by atoms with Crippen LogP contribution < -0.4 is 5.14 Å². The molecule has 0 saturated carbocycles. The van der Waals surface area contributed by atoms with Crippen LogP contribution in [0.4, 0.5) is 0 Å². The fourth-order valence-electron chi connectivity index (χ4n) is 1.44. The molecule has 2 rings (SSSR count). The van der Waals surface area contributed by atoms with Gasteiger partial charge >= 0.3 is 0 Å². The summed E-state index contributed by atoms with van der Waals surface area (Å²) in [6, 6.07) is 9.89. The Hall–Kier alpha value is -1.72. The molecule has 0 fully saturated rings. The lowest BCUT2D eigenvalue weighted by Gasteiger charge is -2.06. The Kier molecular flexibility index (Phi) is 2.72. The van der Waals surface area contributed by atoms with E-state index in [1.807, 2.05) is 0 Å². The standard InChI is InChI=1S/C11H9N2O2S/c12-16(14,15)11-4-2-1-3-10(11)9-5-7-13-8-6-9/h1-7H,(H2,12,14,15). The van der Waals surface area contributed by atoms with Gasteiger partial charge in [-0.25, -0.2) is 13.6 Å². The highest BCUT2D eigenvalue weighted by Crippen LogP contribution is 2.25. The smallest absolute Gasteiger partial charge is 0.238 e. The molecule has 1 radical (unpaired) electrons. The maximum Gasteiger partial charge on any atom is 0.238 e. The number of rotatable bonds is 2. The van der Waals surface area contributed by atoms with E-state index in [1.165, 1.54) is 6.07 Å². The summed E-state index contributed by atoms with van der Waals surface area (Å²) in [5, 5.41) is 5.14. The number of hydrogen-bond donors (Lipinski definition) is 1. The van der Waals surface area contributed by atoms with E-state index in [2.05, 4.69) is 11.2 Å². The predicted octanol–water partition coefficient (Wildman–Crippen LogP) is 1.20. The van der Waals surface area contributed by atoms with E-state index in [1.54, 1.807) is 36.5 Å². The van der Waals surface area contributed by atoms with Crippen molar-refractivity contribution in [1.82, 2.24) is 4.98 Å². The summed E-state index contributed by atoms with van der Waals surface area (Å²) >= 11 is 0. The summed E-state index contributed by atoms with van der Waals surface area (Å²) in [5.74, 6) is 0. The van der Waals surface area contributed by atoms with E-state index in [0.29, 0.717) is 5.56 Å². The van der Waals surface area contributed by atoms with Crippen LogP contribution in [0.2, 0.25) is 0 Å². The molecule has 1 heterocycles. The molecule has 0 amide bonds. The Bertz CT molecular complexity index is 594. The van der Waals surface area contributed by atoms with Crippen LogP contribution in [0.3, 0.4) is 0 Å². The number of pyridine rings is 1. The minimum atomic E-state index is -3.72. The zero-order valence-electron chi connectivity index (χ0n) is 8.29. The van der Waals surface area contributed by atoms with Crippen LogP contribution in [-0.4, -0.2) is 13.4 Å². The number of primary sulfonamides is 1. The summed E-state index contributed by atoms with van der Waals surface area (Å²) in [6.07, 6.45) is 4.20. The molecule has 0 aliphatic carbocycles. The number of nitrogens with zero attached hydrogens (tertiary/aromatic N) is 1. The first-order chi connectivity index (χ1) is 7.59. The van der Waals surface area contributed by atoms with Crippen LogP contribution in [0.15, 0.2) is 47.5 Å². The van der Waals surface area contributed by atoms with Gasteiger partial charge in [0.05, 0.1) is 11.1 Å². The third kappa shape index (κ3) is 2.10. The molecule has 81 valence electrons. The number of aromatic nitrogens is 1. The molecule has 2 N–H and O–H groups in total. The molecule has 4 nitrogen and oxygen atoms in total. The second-order valence-corrected chi connectivity index (χ2v) is 4.74. The minimum Gasteiger partial charge on any atom is -0.255 e. The van der Waals surface area contributed by atoms with Crippen LogP contribution in [0.25, 0.3) is 11.1 Å². The highest BCUT2D eigenvalue weighted by atomic mass is 32.2. The van der Waals surface area contributed by atoms with Crippen LogP contribution in [-0.2, 0) is 10.0 Å². The maximum absolute atomic E-state index is 11.4. The zero-order chi connectivity index (χ0) is 11.6. The lowest BCUT2D eigenvalue weighted by Crippen LogP contribution is -2.13. The summed E-state index contributed by atoms with van der Waals surface area (Å²) < 4.78 is 22.8. The van der Waals surface area contributed by atoms with Crippen molar-refractivity contribution in [2.75, 3.05) is 0 Å². The van der Waals surface area contributed by atoms with E-state index in [0.717, 1.165) is 5.56 Å². The monoisotopic (exact) mass is 233 g/mol. The second-order valence-electron chi connectivity index (χ2n) is 3.21.